The van der Waals surface area contributed by atoms with Gasteiger partial charge < -0.3 is 9.47 Å². The van der Waals surface area contributed by atoms with E-state index in [-0.39, 0.29) is 12.0 Å². The molecule has 1 saturated carbocycles. The van der Waals surface area contributed by atoms with E-state index in [1.165, 1.54) is 12.8 Å². The van der Waals surface area contributed by atoms with Crippen LogP contribution in [0.4, 0.5) is 5.69 Å². The van der Waals surface area contributed by atoms with Crippen molar-refractivity contribution in [3.05, 3.63) is 54.4 Å². The first-order chi connectivity index (χ1) is 12.2. The second kappa shape index (κ2) is 6.24. The number of aromatic nitrogens is 1. The summed E-state index contributed by atoms with van der Waals surface area (Å²) >= 11 is 0. The number of hydrogen-bond acceptors (Lipinski definition) is 4. The van der Waals surface area contributed by atoms with Crippen LogP contribution in [0.25, 0.3) is 5.70 Å². The van der Waals surface area contributed by atoms with E-state index in [0.29, 0.717) is 28.6 Å². The molecule has 0 bridgehead atoms. The zero-order chi connectivity index (χ0) is 17.4. The minimum atomic E-state index is -0.169. The van der Waals surface area contributed by atoms with Crippen molar-refractivity contribution < 1.29 is 14.3 Å². The van der Waals surface area contributed by atoms with E-state index in [2.05, 4.69) is 11.6 Å². The molecule has 1 aromatic heterocycles. The van der Waals surface area contributed by atoms with E-state index in [9.17, 15) is 4.79 Å². The Balaban J connectivity index is 1.69. The van der Waals surface area contributed by atoms with E-state index in [1.54, 1.807) is 18.2 Å². The van der Waals surface area contributed by atoms with Gasteiger partial charge in [0.15, 0.2) is 11.5 Å². The van der Waals surface area contributed by atoms with Crippen LogP contribution in [0.3, 0.4) is 0 Å². The molecule has 0 spiro atoms. The standard InChI is InChI=1S/C20H20N2O3/c1-13-16-8-5-11-21-19(16)20(23)22(13)14-9-10-17(24-2)18(12-14)25-15-6-3-4-7-15/h5,8-12,15H,1,3-4,6-7H2,2H3. The molecule has 0 saturated heterocycles. The third-order valence-corrected chi connectivity index (χ3v) is 4.80. The molecule has 1 amide bonds. The number of ether oxygens (including phenoxy) is 2. The topological polar surface area (TPSA) is 51.7 Å². The zero-order valence-corrected chi connectivity index (χ0v) is 14.2. The van der Waals surface area contributed by atoms with E-state index in [0.717, 1.165) is 18.4 Å². The molecule has 2 heterocycles. The molecule has 4 rings (SSSR count). The Hall–Kier alpha value is -2.82. The lowest BCUT2D eigenvalue weighted by atomic mass is 10.2. The van der Waals surface area contributed by atoms with Gasteiger partial charge in [0.1, 0.15) is 5.69 Å². The maximum atomic E-state index is 12.7. The predicted octanol–water partition coefficient (Wildman–Crippen LogP) is 4.04. The molecule has 5 heteroatoms. The number of rotatable bonds is 4. The van der Waals surface area contributed by atoms with E-state index in [1.807, 2.05) is 30.3 Å². The maximum absolute atomic E-state index is 12.7. The van der Waals surface area contributed by atoms with Crippen molar-refractivity contribution in [2.45, 2.75) is 31.8 Å². The van der Waals surface area contributed by atoms with Crippen LogP contribution < -0.4 is 14.4 Å². The third-order valence-electron chi connectivity index (χ3n) is 4.80. The number of nitrogens with zero attached hydrogens (tertiary/aromatic N) is 2. The number of hydrogen-bond donors (Lipinski definition) is 0. The first-order valence-corrected chi connectivity index (χ1v) is 8.52. The third kappa shape index (κ3) is 2.65. The van der Waals surface area contributed by atoms with Crippen LogP contribution in [-0.2, 0) is 0 Å². The first-order valence-electron chi connectivity index (χ1n) is 8.52. The van der Waals surface area contributed by atoms with Crippen molar-refractivity contribution in [3.63, 3.8) is 0 Å². The molecule has 2 aliphatic rings. The molecule has 2 aromatic rings. The van der Waals surface area contributed by atoms with Gasteiger partial charge in [0, 0.05) is 17.8 Å². The van der Waals surface area contributed by atoms with Crippen LogP contribution >= 0.6 is 0 Å². The van der Waals surface area contributed by atoms with E-state index >= 15 is 0 Å². The van der Waals surface area contributed by atoms with Crippen molar-refractivity contribution in [1.82, 2.24) is 4.98 Å². The molecule has 1 aromatic carbocycles. The first kappa shape index (κ1) is 15.7. The van der Waals surface area contributed by atoms with Gasteiger partial charge in [-0.05, 0) is 49.9 Å². The Kier molecular flexibility index (Phi) is 3.92. The number of carbonyl (C=O) groups excluding carboxylic acids is 1. The van der Waals surface area contributed by atoms with Gasteiger partial charge >= 0.3 is 0 Å². The highest BCUT2D eigenvalue weighted by molar-refractivity contribution is 6.21. The van der Waals surface area contributed by atoms with Crippen LogP contribution in [0.15, 0.2) is 43.1 Å². The number of fused-ring (bicyclic) bond motifs is 1. The van der Waals surface area contributed by atoms with Crippen LogP contribution in [0.2, 0.25) is 0 Å². The fraction of sp³-hybridized carbons (Fsp3) is 0.300. The molecule has 0 N–H and O–H groups in total. The van der Waals surface area contributed by atoms with Crippen LogP contribution in [0.5, 0.6) is 11.5 Å². The monoisotopic (exact) mass is 336 g/mol. The SMILES string of the molecule is C=C1c2cccnc2C(=O)N1c1ccc(OC)c(OC2CCCC2)c1. The second-order valence-corrected chi connectivity index (χ2v) is 6.35. The highest BCUT2D eigenvalue weighted by Crippen LogP contribution is 2.40. The Morgan fingerprint density at radius 2 is 2.00 bits per heavy atom. The summed E-state index contributed by atoms with van der Waals surface area (Å²) in [6.07, 6.45) is 6.32. The number of amides is 1. The summed E-state index contributed by atoms with van der Waals surface area (Å²) in [6, 6.07) is 9.20. The highest BCUT2D eigenvalue weighted by atomic mass is 16.5. The lowest BCUT2D eigenvalue weighted by Gasteiger charge is -2.21. The van der Waals surface area contributed by atoms with Gasteiger partial charge in [-0.15, -0.1) is 0 Å². The molecular formula is C20H20N2O3. The molecule has 1 aliphatic heterocycles. The molecular weight excluding hydrogens is 316 g/mol. The van der Waals surface area contributed by atoms with E-state index < -0.39 is 0 Å². The summed E-state index contributed by atoms with van der Waals surface area (Å²) in [6.45, 7) is 4.07. The number of methoxy groups -OCH3 is 1. The zero-order valence-electron chi connectivity index (χ0n) is 14.2. The van der Waals surface area contributed by atoms with Gasteiger partial charge in [-0.25, -0.2) is 0 Å². The molecule has 128 valence electrons. The summed E-state index contributed by atoms with van der Waals surface area (Å²) in [4.78, 5) is 18.5. The van der Waals surface area contributed by atoms with Gasteiger partial charge in [-0.3, -0.25) is 14.7 Å². The van der Waals surface area contributed by atoms with Gasteiger partial charge in [0.2, 0.25) is 0 Å². The van der Waals surface area contributed by atoms with Crippen molar-refractivity contribution in [2.75, 3.05) is 12.0 Å². The average Bonchev–Trinajstić information content (AvgIpc) is 3.23. The lowest BCUT2D eigenvalue weighted by molar-refractivity contribution is 0.100. The summed E-state index contributed by atoms with van der Waals surface area (Å²) < 4.78 is 11.6. The fourth-order valence-electron chi connectivity index (χ4n) is 3.51. The minimum absolute atomic E-state index is 0.169. The quantitative estimate of drug-likeness (QED) is 0.845. The average molecular weight is 336 g/mol. The van der Waals surface area contributed by atoms with Gasteiger partial charge in [-0.2, -0.15) is 0 Å². The number of pyridine rings is 1. The van der Waals surface area contributed by atoms with Crippen LogP contribution in [-0.4, -0.2) is 24.1 Å². The Morgan fingerprint density at radius 3 is 2.72 bits per heavy atom. The second-order valence-electron chi connectivity index (χ2n) is 6.35. The highest BCUT2D eigenvalue weighted by Gasteiger charge is 2.34. The molecule has 1 aliphatic carbocycles. The maximum Gasteiger partial charge on any atom is 0.282 e. The normalized spacial score (nSPS) is 17.1. The predicted molar refractivity (Wildman–Crippen MR) is 96.0 cm³/mol. The van der Waals surface area contributed by atoms with Crippen molar-refractivity contribution in [1.29, 1.82) is 0 Å². The summed E-state index contributed by atoms with van der Waals surface area (Å²) in [5, 5.41) is 0. The fourth-order valence-corrected chi connectivity index (χ4v) is 3.51. The largest absolute Gasteiger partial charge is 0.493 e. The van der Waals surface area contributed by atoms with Gasteiger partial charge in [0.25, 0.3) is 5.91 Å². The van der Waals surface area contributed by atoms with Gasteiger partial charge in [-0.1, -0.05) is 6.58 Å². The Bertz CT molecular complexity index is 806. The van der Waals surface area contributed by atoms with E-state index in [4.69, 9.17) is 9.47 Å². The summed E-state index contributed by atoms with van der Waals surface area (Å²) in [5.41, 5.74) is 2.54. The van der Waals surface area contributed by atoms with Crippen LogP contribution in [0.1, 0.15) is 41.7 Å². The number of benzene rings is 1. The number of anilines is 1. The smallest absolute Gasteiger partial charge is 0.282 e. The number of carbonyl (C=O) groups is 1. The van der Waals surface area contributed by atoms with Crippen molar-refractivity contribution in [3.8, 4) is 11.5 Å². The molecule has 0 atom stereocenters. The minimum Gasteiger partial charge on any atom is -0.493 e. The molecule has 0 unspecified atom stereocenters. The molecule has 5 nitrogen and oxygen atoms in total. The lowest BCUT2D eigenvalue weighted by Crippen LogP contribution is -2.22. The van der Waals surface area contributed by atoms with Crippen molar-refractivity contribution >= 4 is 17.3 Å². The van der Waals surface area contributed by atoms with Gasteiger partial charge in [0.05, 0.1) is 24.6 Å². The molecule has 25 heavy (non-hydrogen) atoms. The molecule has 0 radical (unpaired) electrons. The molecule has 1 fully saturated rings. The Labute approximate surface area is 146 Å². The summed E-state index contributed by atoms with van der Waals surface area (Å²) in [7, 11) is 1.62. The summed E-state index contributed by atoms with van der Waals surface area (Å²) in [5.74, 6) is 1.16. The Morgan fingerprint density at radius 1 is 1.20 bits per heavy atom. The van der Waals surface area contributed by atoms with Crippen molar-refractivity contribution in [2.24, 2.45) is 0 Å². The van der Waals surface area contributed by atoms with Crippen LogP contribution in [0, 0.1) is 0 Å².